The lowest BCUT2D eigenvalue weighted by Crippen LogP contribution is -2.38. The highest BCUT2D eigenvalue weighted by molar-refractivity contribution is 8.14. The van der Waals surface area contributed by atoms with E-state index in [1.807, 2.05) is 0 Å². The van der Waals surface area contributed by atoms with E-state index in [1.165, 1.54) is 0 Å². The van der Waals surface area contributed by atoms with Crippen molar-refractivity contribution in [1.29, 1.82) is 0 Å². The van der Waals surface area contributed by atoms with Gasteiger partial charge in [-0.05, 0) is 18.2 Å². The van der Waals surface area contributed by atoms with Crippen molar-refractivity contribution in [3.05, 3.63) is 28.8 Å². The molecular weight excluding hydrogens is 300 g/mol. The van der Waals surface area contributed by atoms with Crippen LogP contribution in [0.4, 0.5) is 10.5 Å². The van der Waals surface area contributed by atoms with Crippen molar-refractivity contribution in [2.24, 2.45) is 0 Å². The summed E-state index contributed by atoms with van der Waals surface area (Å²) in [6.45, 7) is -0.272. The van der Waals surface area contributed by atoms with Gasteiger partial charge in [0.1, 0.15) is 12.6 Å². The number of aliphatic hydroxyl groups excluding tert-OH is 1. The van der Waals surface area contributed by atoms with Gasteiger partial charge in [0, 0.05) is 16.3 Å². The number of hydrogen-bond acceptors (Lipinski definition) is 4. The van der Waals surface area contributed by atoms with E-state index in [2.05, 4.69) is 22.5 Å². The van der Waals surface area contributed by atoms with Gasteiger partial charge in [0.2, 0.25) is 5.91 Å². The monoisotopic (exact) mass is 310 g/mol. The van der Waals surface area contributed by atoms with Crippen LogP contribution >= 0.6 is 23.4 Å². The zero-order chi connectivity index (χ0) is 14.5. The fourth-order valence-electron chi connectivity index (χ4n) is 1.61. The van der Waals surface area contributed by atoms with Crippen molar-refractivity contribution in [3.8, 4) is 11.8 Å². The summed E-state index contributed by atoms with van der Waals surface area (Å²) in [6.07, 6.45) is 0. The smallest absolute Gasteiger partial charge is 0.279 e. The van der Waals surface area contributed by atoms with Crippen molar-refractivity contribution in [2.45, 2.75) is 6.04 Å². The second kappa shape index (κ2) is 6.66. The summed E-state index contributed by atoms with van der Waals surface area (Å²) in [5, 5.41) is 14.2. The van der Waals surface area contributed by atoms with Gasteiger partial charge >= 0.3 is 0 Å². The van der Waals surface area contributed by atoms with Crippen LogP contribution in [0.25, 0.3) is 0 Å². The van der Waals surface area contributed by atoms with Crippen LogP contribution in [0.5, 0.6) is 0 Å². The molecule has 7 heteroatoms. The van der Waals surface area contributed by atoms with Crippen LogP contribution in [0.15, 0.2) is 18.2 Å². The molecule has 104 valence electrons. The van der Waals surface area contributed by atoms with Gasteiger partial charge in [0.05, 0.1) is 5.69 Å². The molecule has 1 heterocycles. The standard InChI is InChI=1S/C13H11ClN2O3S/c14-9-4-3-8(2-1-5-17)10(6-9)15-12(18)11-7-20-13(19)16-11/h3-4,6,11,17H,5,7H2,(H,15,18)(H,16,19). The van der Waals surface area contributed by atoms with Crippen LogP contribution in [0.1, 0.15) is 5.56 Å². The van der Waals surface area contributed by atoms with Gasteiger partial charge in [-0.3, -0.25) is 9.59 Å². The lowest BCUT2D eigenvalue weighted by molar-refractivity contribution is -0.117. The first-order valence-corrected chi connectivity index (χ1v) is 7.10. The normalized spacial score (nSPS) is 17.1. The van der Waals surface area contributed by atoms with Crippen molar-refractivity contribution in [2.75, 3.05) is 17.7 Å². The number of carbonyl (C=O) groups excluding carboxylic acids is 2. The molecule has 1 fully saturated rings. The van der Waals surface area contributed by atoms with Gasteiger partial charge < -0.3 is 15.7 Å². The second-order valence-electron chi connectivity index (χ2n) is 3.93. The maximum Gasteiger partial charge on any atom is 0.279 e. The predicted octanol–water partition coefficient (Wildman–Crippen LogP) is 1.45. The summed E-state index contributed by atoms with van der Waals surface area (Å²) in [4.78, 5) is 23.1. The summed E-state index contributed by atoms with van der Waals surface area (Å²) >= 11 is 6.96. The Morgan fingerprint density at radius 3 is 3.05 bits per heavy atom. The van der Waals surface area contributed by atoms with E-state index >= 15 is 0 Å². The number of halogens is 1. The highest BCUT2D eigenvalue weighted by atomic mass is 35.5. The van der Waals surface area contributed by atoms with Gasteiger partial charge in [-0.15, -0.1) is 0 Å². The highest BCUT2D eigenvalue weighted by Crippen LogP contribution is 2.22. The number of rotatable bonds is 2. The first kappa shape index (κ1) is 14.7. The molecular formula is C13H11ClN2O3S. The maximum absolute atomic E-state index is 12.0. The Bertz CT molecular complexity index is 609. The Kier molecular flexibility index (Phi) is 4.90. The van der Waals surface area contributed by atoms with E-state index in [1.54, 1.807) is 18.2 Å². The molecule has 2 amide bonds. The van der Waals surface area contributed by atoms with E-state index in [4.69, 9.17) is 16.7 Å². The lowest BCUT2D eigenvalue weighted by Gasteiger charge is -2.12. The van der Waals surface area contributed by atoms with Gasteiger partial charge in [-0.2, -0.15) is 0 Å². The molecule has 0 saturated carbocycles. The largest absolute Gasteiger partial charge is 0.384 e. The minimum Gasteiger partial charge on any atom is -0.384 e. The number of amides is 2. The summed E-state index contributed by atoms with van der Waals surface area (Å²) in [5.74, 6) is 5.31. The fraction of sp³-hybridized carbons (Fsp3) is 0.231. The topological polar surface area (TPSA) is 78.4 Å². The summed E-state index contributed by atoms with van der Waals surface area (Å²) < 4.78 is 0. The van der Waals surface area contributed by atoms with E-state index in [9.17, 15) is 9.59 Å². The number of thioether (sulfide) groups is 1. The second-order valence-corrected chi connectivity index (χ2v) is 5.36. The predicted molar refractivity (Wildman–Crippen MR) is 78.8 cm³/mol. The molecule has 20 heavy (non-hydrogen) atoms. The molecule has 2 rings (SSSR count). The molecule has 1 saturated heterocycles. The Morgan fingerprint density at radius 1 is 1.60 bits per heavy atom. The Balaban J connectivity index is 2.17. The number of hydrogen-bond donors (Lipinski definition) is 3. The zero-order valence-electron chi connectivity index (χ0n) is 10.3. The molecule has 1 aliphatic rings. The van der Waals surface area contributed by atoms with E-state index in [-0.39, 0.29) is 17.8 Å². The minimum absolute atomic E-state index is 0.212. The van der Waals surface area contributed by atoms with Gasteiger partial charge in [0.25, 0.3) is 5.24 Å². The summed E-state index contributed by atoms with van der Waals surface area (Å²) in [7, 11) is 0. The van der Waals surface area contributed by atoms with Crippen molar-refractivity contribution in [3.63, 3.8) is 0 Å². The van der Waals surface area contributed by atoms with Gasteiger partial charge in [0.15, 0.2) is 0 Å². The summed E-state index contributed by atoms with van der Waals surface area (Å²) in [5.41, 5.74) is 1.00. The van der Waals surface area contributed by atoms with Crippen LogP contribution in [0, 0.1) is 11.8 Å². The average molecular weight is 311 g/mol. The molecule has 1 aromatic carbocycles. The number of nitrogens with one attached hydrogen (secondary N) is 2. The van der Waals surface area contributed by atoms with Crippen molar-refractivity contribution >= 4 is 40.2 Å². The highest BCUT2D eigenvalue weighted by Gasteiger charge is 2.28. The number of anilines is 1. The lowest BCUT2D eigenvalue weighted by atomic mass is 10.1. The first-order chi connectivity index (χ1) is 9.60. The maximum atomic E-state index is 12.0. The number of carbonyl (C=O) groups is 2. The number of aliphatic hydroxyl groups is 1. The molecule has 0 radical (unpaired) electrons. The molecule has 0 aliphatic carbocycles. The van der Waals surface area contributed by atoms with Gasteiger partial charge in [-0.1, -0.05) is 35.2 Å². The zero-order valence-corrected chi connectivity index (χ0v) is 11.8. The summed E-state index contributed by atoms with van der Waals surface area (Å²) in [6, 6.07) is 4.31. The van der Waals surface area contributed by atoms with Crippen molar-refractivity contribution < 1.29 is 14.7 Å². The van der Waals surface area contributed by atoms with Crippen LogP contribution in [-0.4, -0.2) is 34.7 Å². The third kappa shape index (κ3) is 3.67. The fourth-order valence-corrected chi connectivity index (χ4v) is 2.56. The van der Waals surface area contributed by atoms with Crippen LogP contribution in [0.3, 0.4) is 0 Å². The molecule has 1 atom stereocenters. The molecule has 1 aliphatic heterocycles. The van der Waals surface area contributed by atoms with Crippen LogP contribution in [-0.2, 0) is 4.79 Å². The molecule has 0 spiro atoms. The van der Waals surface area contributed by atoms with E-state index in [0.717, 1.165) is 11.8 Å². The Morgan fingerprint density at radius 2 is 2.40 bits per heavy atom. The van der Waals surface area contributed by atoms with Crippen molar-refractivity contribution in [1.82, 2.24) is 5.32 Å². The first-order valence-electron chi connectivity index (χ1n) is 5.73. The third-order valence-electron chi connectivity index (χ3n) is 2.53. The molecule has 1 unspecified atom stereocenters. The van der Waals surface area contributed by atoms with Crippen LogP contribution in [0.2, 0.25) is 5.02 Å². The average Bonchev–Trinajstić information content (AvgIpc) is 2.85. The van der Waals surface area contributed by atoms with Gasteiger partial charge in [-0.25, -0.2) is 0 Å². The molecule has 0 bridgehead atoms. The van der Waals surface area contributed by atoms with E-state index in [0.29, 0.717) is 22.0 Å². The molecule has 1 aromatic rings. The minimum atomic E-state index is -0.565. The Labute approximate surface area is 125 Å². The molecule has 0 aromatic heterocycles. The SMILES string of the molecule is O=C1NC(C(=O)Nc2cc(Cl)ccc2C#CCO)CS1. The quantitative estimate of drug-likeness (QED) is 0.722. The molecule has 3 N–H and O–H groups in total. The molecule has 5 nitrogen and oxygen atoms in total. The van der Waals surface area contributed by atoms with Crippen LogP contribution < -0.4 is 10.6 Å². The van der Waals surface area contributed by atoms with E-state index < -0.39 is 6.04 Å². The number of benzene rings is 1. The Hall–Kier alpha value is -1.68. The third-order valence-corrected chi connectivity index (χ3v) is 3.65.